The third-order valence-corrected chi connectivity index (χ3v) is 10.6. The molecular formula is C42H74NO12P. The molecule has 1 fully saturated rings. The molecule has 9 N–H and O–H groups in total. The highest BCUT2D eigenvalue weighted by atomic mass is 31.2. The van der Waals surface area contributed by atoms with Crippen LogP contribution in [0.25, 0.3) is 0 Å². The molecule has 0 aromatic heterocycles. The molecular weight excluding hydrogens is 741 g/mol. The van der Waals surface area contributed by atoms with Crippen LogP contribution in [0.5, 0.6) is 0 Å². The normalized spacial score (nSPS) is 24.8. The first-order chi connectivity index (χ1) is 26.8. The van der Waals surface area contributed by atoms with Crippen molar-refractivity contribution in [1.29, 1.82) is 0 Å². The van der Waals surface area contributed by atoms with Crippen LogP contribution in [-0.2, 0) is 18.4 Å². The van der Waals surface area contributed by atoms with Gasteiger partial charge in [-0.25, -0.2) is 4.57 Å². The van der Waals surface area contributed by atoms with E-state index in [-0.39, 0.29) is 6.42 Å². The lowest BCUT2D eigenvalue weighted by atomic mass is 9.85. The van der Waals surface area contributed by atoms with Gasteiger partial charge < -0.3 is 46.0 Å². The van der Waals surface area contributed by atoms with Crippen molar-refractivity contribution in [3.05, 3.63) is 60.8 Å². The summed E-state index contributed by atoms with van der Waals surface area (Å²) < 4.78 is 22.7. The monoisotopic (exact) mass is 815 g/mol. The standard InChI is InChI=1S/C42H74NO12P/c1-3-5-7-9-11-13-15-17-19-21-23-25-27-29-33(44)31-36(46)43-34(35(45)30-28-26-24-22-20-18-16-14-12-10-8-6-4-2)32-54-56(52,53)55-42-40(50)38(48)37(47)39(49)41(42)51/h11-15,17,20,22,28,30,33-35,37-42,44-45,47-51H,3-10,16,18-19,21,23-27,29,31-32H2,1-2H3,(H,43,46)(H,52,53)/b13-11-,14-12+,17-15-,22-20+,30-28+. The Labute approximate surface area is 335 Å². The molecule has 1 amide bonds. The molecule has 0 radical (unpaired) electrons. The summed E-state index contributed by atoms with van der Waals surface area (Å²) in [4.78, 5) is 23.3. The zero-order valence-electron chi connectivity index (χ0n) is 33.8. The SMILES string of the molecule is CCCCC/C=C\C=C/CCCCCCC(O)CC(=O)NC(COP(=O)(O)OC1C(O)C(O)C(O)C(O)C1O)C(O)/C=C/CC/C=C/CC/C=C/CCCCC. The number of aliphatic hydroxyl groups is 7. The minimum absolute atomic E-state index is 0.273. The highest BCUT2D eigenvalue weighted by Gasteiger charge is 2.51. The van der Waals surface area contributed by atoms with Crippen molar-refractivity contribution in [1.82, 2.24) is 5.32 Å². The van der Waals surface area contributed by atoms with Crippen LogP contribution in [0, 0.1) is 0 Å². The highest BCUT2D eigenvalue weighted by molar-refractivity contribution is 7.47. The van der Waals surface area contributed by atoms with E-state index in [1.165, 1.54) is 44.6 Å². The highest BCUT2D eigenvalue weighted by Crippen LogP contribution is 2.47. The fourth-order valence-corrected chi connectivity index (χ4v) is 7.05. The van der Waals surface area contributed by atoms with E-state index < -0.39 is 75.2 Å². The predicted octanol–water partition coefficient (Wildman–Crippen LogP) is 5.75. The van der Waals surface area contributed by atoms with Crippen molar-refractivity contribution in [2.24, 2.45) is 0 Å². The number of hydrogen-bond donors (Lipinski definition) is 9. The van der Waals surface area contributed by atoms with Crippen LogP contribution in [0.4, 0.5) is 0 Å². The summed E-state index contributed by atoms with van der Waals surface area (Å²) in [6, 6.07) is -1.27. The number of nitrogens with one attached hydrogen (secondary N) is 1. The van der Waals surface area contributed by atoms with Crippen LogP contribution in [0.1, 0.15) is 136 Å². The molecule has 0 aromatic rings. The van der Waals surface area contributed by atoms with Gasteiger partial charge >= 0.3 is 7.82 Å². The Morgan fingerprint density at radius 3 is 1.66 bits per heavy atom. The molecule has 324 valence electrons. The maximum Gasteiger partial charge on any atom is 0.472 e. The lowest BCUT2D eigenvalue weighted by Gasteiger charge is -2.41. The predicted molar refractivity (Wildman–Crippen MR) is 219 cm³/mol. The zero-order chi connectivity index (χ0) is 41.6. The quantitative estimate of drug-likeness (QED) is 0.0171. The minimum atomic E-state index is -5.15. The molecule has 13 nitrogen and oxygen atoms in total. The number of phosphoric acid groups is 1. The van der Waals surface area contributed by atoms with Gasteiger partial charge in [0.1, 0.15) is 36.6 Å². The summed E-state index contributed by atoms with van der Waals surface area (Å²) in [5, 5.41) is 74.1. The van der Waals surface area contributed by atoms with Crippen molar-refractivity contribution in [3.8, 4) is 0 Å². The fraction of sp³-hybridized carbons (Fsp3) is 0.738. The van der Waals surface area contributed by atoms with Crippen molar-refractivity contribution < 1.29 is 59.0 Å². The lowest BCUT2D eigenvalue weighted by molar-refractivity contribution is -0.220. The van der Waals surface area contributed by atoms with Gasteiger partial charge in [0, 0.05) is 0 Å². The van der Waals surface area contributed by atoms with Crippen LogP contribution >= 0.6 is 7.82 Å². The van der Waals surface area contributed by atoms with Gasteiger partial charge in [0.15, 0.2) is 0 Å². The molecule has 1 rings (SSSR count). The topological polar surface area (TPSA) is 226 Å². The van der Waals surface area contributed by atoms with E-state index in [2.05, 4.69) is 61.7 Å². The van der Waals surface area contributed by atoms with Gasteiger partial charge in [-0.15, -0.1) is 0 Å². The second-order valence-corrected chi connectivity index (χ2v) is 16.1. The van der Waals surface area contributed by atoms with Crippen molar-refractivity contribution >= 4 is 13.7 Å². The van der Waals surface area contributed by atoms with Gasteiger partial charge in [-0.3, -0.25) is 13.8 Å². The number of amides is 1. The largest absolute Gasteiger partial charge is 0.472 e. The molecule has 1 aliphatic rings. The van der Waals surface area contributed by atoms with E-state index >= 15 is 0 Å². The maximum atomic E-state index is 12.9. The van der Waals surface area contributed by atoms with Crippen LogP contribution in [-0.4, -0.2) is 108 Å². The summed E-state index contributed by atoms with van der Waals surface area (Å²) >= 11 is 0. The van der Waals surface area contributed by atoms with Gasteiger partial charge in [0.05, 0.1) is 31.3 Å². The summed E-state index contributed by atoms with van der Waals surface area (Å²) in [6.45, 7) is 3.61. The average molecular weight is 816 g/mol. The Morgan fingerprint density at radius 2 is 1.11 bits per heavy atom. The van der Waals surface area contributed by atoms with Gasteiger partial charge in [0.25, 0.3) is 0 Å². The van der Waals surface area contributed by atoms with Crippen molar-refractivity contribution in [2.45, 2.75) is 191 Å². The van der Waals surface area contributed by atoms with E-state index in [4.69, 9.17) is 9.05 Å². The van der Waals surface area contributed by atoms with E-state index in [9.17, 15) is 50.0 Å². The Kier molecular flexibility index (Phi) is 29.7. The molecule has 0 aliphatic heterocycles. The zero-order valence-corrected chi connectivity index (χ0v) is 34.7. The average Bonchev–Trinajstić information content (AvgIpc) is 3.17. The molecule has 0 heterocycles. The van der Waals surface area contributed by atoms with Crippen LogP contribution in [0.2, 0.25) is 0 Å². The minimum Gasteiger partial charge on any atom is -0.393 e. The summed E-state index contributed by atoms with van der Waals surface area (Å²) in [5.41, 5.74) is 0. The maximum absolute atomic E-state index is 12.9. The number of hydrogen-bond acceptors (Lipinski definition) is 11. The number of carbonyl (C=O) groups is 1. The fourth-order valence-electron chi connectivity index (χ4n) is 6.08. The van der Waals surface area contributed by atoms with E-state index in [1.54, 1.807) is 6.08 Å². The first kappa shape index (κ1) is 52.0. The Bertz CT molecular complexity index is 1190. The third-order valence-electron chi connectivity index (χ3n) is 9.58. The van der Waals surface area contributed by atoms with Crippen molar-refractivity contribution in [3.63, 3.8) is 0 Å². The van der Waals surface area contributed by atoms with Gasteiger partial charge in [-0.2, -0.15) is 0 Å². The van der Waals surface area contributed by atoms with Crippen LogP contribution in [0.15, 0.2) is 60.8 Å². The number of unbranched alkanes of at least 4 members (excludes halogenated alkanes) is 12. The lowest BCUT2D eigenvalue weighted by Crippen LogP contribution is -2.64. The molecule has 0 bridgehead atoms. The number of aliphatic hydroxyl groups excluding tert-OH is 7. The smallest absolute Gasteiger partial charge is 0.393 e. The summed E-state index contributed by atoms with van der Waals surface area (Å²) in [7, 11) is -5.15. The Hall–Kier alpha value is -2.00. The number of carbonyl (C=O) groups excluding carboxylic acids is 1. The van der Waals surface area contributed by atoms with Crippen LogP contribution in [0.3, 0.4) is 0 Å². The van der Waals surface area contributed by atoms with Crippen LogP contribution < -0.4 is 5.32 Å². The molecule has 0 spiro atoms. The molecule has 8 atom stereocenters. The van der Waals surface area contributed by atoms with Gasteiger partial charge in [0.2, 0.25) is 5.91 Å². The van der Waals surface area contributed by atoms with Crippen molar-refractivity contribution in [2.75, 3.05) is 6.61 Å². The molecule has 8 unspecified atom stereocenters. The third kappa shape index (κ3) is 24.0. The van der Waals surface area contributed by atoms with E-state index in [0.717, 1.165) is 57.8 Å². The van der Waals surface area contributed by atoms with E-state index in [1.807, 2.05) is 6.08 Å². The second kappa shape index (κ2) is 31.9. The molecule has 1 aliphatic carbocycles. The molecule has 1 saturated carbocycles. The first-order valence-electron chi connectivity index (χ1n) is 20.8. The number of rotatable bonds is 32. The molecule has 0 saturated heterocycles. The summed E-state index contributed by atoms with van der Waals surface area (Å²) in [5.74, 6) is -0.624. The van der Waals surface area contributed by atoms with E-state index in [0.29, 0.717) is 19.3 Å². The Balaban J connectivity index is 2.68. The number of allylic oxidation sites excluding steroid dienone is 9. The van der Waals surface area contributed by atoms with Gasteiger partial charge in [-0.1, -0.05) is 120 Å². The second-order valence-electron chi connectivity index (χ2n) is 14.7. The molecule has 0 aromatic carbocycles. The molecule has 14 heteroatoms. The Morgan fingerprint density at radius 1 is 0.643 bits per heavy atom. The molecule has 56 heavy (non-hydrogen) atoms. The number of phosphoric ester groups is 1. The first-order valence-corrected chi connectivity index (χ1v) is 22.3. The summed E-state index contributed by atoms with van der Waals surface area (Å²) in [6.07, 6.45) is 23.2. The van der Waals surface area contributed by atoms with Gasteiger partial charge in [-0.05, 0) is 70.6 Å².